The first-order chi connectivity index (χ1) is 13.3. The van der Waals surface area contributed by atoms with Crippen LogP contribution in [0.25, 0.3) is 0 Å². The fourth-order valence-corrected chi connectivity index (χ4v) is 5.03. The lowest BCUT2D eigenvalue weighted by Crippen LogP contribution is -2.38. The predicted molar refractivity (Wildman–Crippen MR) is 102 cm³/mol. The van der Waals surface area contributed by atoms with Crippen LogP contribution in [-0.2, 0) is 21.0 Å². The maximum absolute atomic E-state index is 12.0. The number of carbonyl (C=O) groups excluding carboxylic acids is 1. The molecule has 2 aromatic heterocycles. The molecule has 0 aromatic carbocycles. The number of sulfone groups is 1. The largest absolute Gasteiger partial charge is 0.446 e. The Morgan fingerprint density at radius 1 is 1.32 bits per heavy atom. The van der Waals surface area contributed by atoms with Gasteiger partial charge >= 0.3 is 6.09 Å². The van der Waals surface area contributed by atoms with Crippen molar-refractivity contribution in [2.45, 2.75) is 56.1 Å². The fourth-order valence-electron chi connectivity index (χ4n) is 3.53. The number of pyridine rings is 1. The Balaban J connectivity index is 1.37. The minimum atomic E-state index is -3.22. The minimum Gasteiger partial charge on any atom is -0.446 e. The summed E-state index contributed by atoms with van der Waals surface area (Å²) in [7, 11) is -3.22. The second-order valence-electron chi connectivity index (χ2n) is 7.56. The Labute approximate surface area is 163 Å². The van der Waals surface area contributed by atoms with Crippen LogP contribution in [0, 0.1) is 0 Å². The van der Waals surface area contributed by atoms with Crippen LogP contribution in [0.3, 0.4) is 0 Å². The van der Waals surface area contributed by atoms with Crippen molar-refractivity contribution in [2.24, 2.45) is 0 Å². The summed E-state index contributed by atoms with van der Waals surface area (Å²) >= 11 is 0. The quantitative estimate of drug-likeness (QED) is 0.696. The summed E-state index contributed by atoms with van der Waals surface area (Å²) in [5, 5.41) is 13.2. The van der Waals surface area contributed by atoms with Crippen molar-refractivity contribution in [1.82, 2.24) is 20.5 Å². The number of aromatic amines is 1. The van der Waals surface area contributed by atoms with Gasteiger partial charge in [0.1, 0.15) is 6.10 Å². The van der Waals surface area contributed by atoms with E-state index < -0.39 is 9.84 Å². The van der Waals surface area contributed by atoms with Crippen molar-refractivity contribution < 1.29 is 17.9 Å². The zero-order chi connectivity index (χ0) is 19.9. The highest BCUT2D eigenvalue weighted by atomic mass is 32.2. The Hall–Kier alpha value is -2.62. The summed E-state index contributed by atoms with van der Waals surface area (Å²) in [5.41, 5.74) is 2.38. The summed E-state index contributed by atoms with van der Waals surface area (Å²) in [5.74, 6) is 0.971. The topological polar surface area (TPSA) is 126 Å². The number of aromatic nitrogens is 3. The first-order valence-corrected chi connectivity index (χ1v) is 11.0. The number of anilines is 2. The third kappa shape index (κ3) is 3.68. The molecule has 0 bridgehead atoms. The third-order valence-corrected chi connectivity index (χ3v) is 6.81. The van der Waals surface area contributed by atoms with E-state index in [1.807, 2.05) is 19.9 Å². The van der Waals surface area contributed by atoms with E-state index in [1.54, 1.807) is 6.20 Å². The lowest BCUT2D eigenvalue weighted by molar-refractivity contribution is 0.0374. The summed E-state index contributed by atoms with van der Waals surface area (Å²) in [4.78, 5) is 16.0. The van der Waals surface area contributed by atoms with Gasteiger partial charge in [-0.3, -0.25) is 10.1 Å². The molecule has 10 heteroatoms. The van der Waals surface area contributed by atoms with Crippen LogP contribution in [-0.4, -0.2) is 47.6 Å². The maximum Gasteiger partial charge on any atom is 0.407 e. The van der Waals surface area contributed by atoms with E-state index >= 15 is 0 Å². The van der Waals surface area contributed by atoms with Gasteiger partial charge in [-0.05, 0) is 38.7 Å². The first-order valence-electron chi connectivity index (χ1n) is 9.31. The van der Waals surface area contributed by atoms with Crippen LogP contribution in [0.2, 0.25) is 0 Å². The van der Waals surface area contributed by atoms with Gasteiger partial charge in [0.05, 0.1) is 22.5 Å². The molecule has 0 spiro atoms. The van der Waals surface area contributed by atoms with E-state index in [2.05, 4.69) is 25.8 Å². The monoisotopic (exact) mass is 405 g/mol. The number of nitrogens with one attached hydrogen (secondary N) is 3. The van der Waals surface area contributed by atoms with Gasteiger partial charge in [0.2, 0.25) is 0 Å². The molecular formula is C18H23N5O4S. The number of hydrogen-bond acceptors (Lipinski definition) is 7. The number of ether oxygens (including phenoxy) is 1. The van der Waals surface area contributed by atoms with Crippen molar-refractivity contribution in [3.63, 3.8) is 0 Å². The summed E-state index contributed by atoms with van der Waals surface area (Å²) in [6.45, 7) is 3.77. The van der Waals surface area contributed by atoms with Gasteiger partial charge in [-0.2, -0.15) is 5.10 Å². The number of carbonyl (C=O) groups is 1. The molecule has 2 aromatic rings. The molecule has 1 saturated carbocycles. The molecule has 9 nitrogen and oxygen atoms in total. The van der Waals surface area contributed by atoms with Gasteiger partial charge in [-0.25, -0.2) is 13.2 Å². The highest BCUT2D eigenvalue weighted by Crippen LogP contribution is 2.39. The molecule has 0 unspecified atom stereocenters. The van der Waals surface area contributed by atoms with Gasteiger partial charge in [0.15, 0.2) is 15.7 Å². The Bertz CT molecular complexity index is 995. The molecule has 3 heterocycles. The molecule has 1 aliphatic carbocycles. The SMILES string of the molecule is CC(C)NC(=O)OC1CC(c2cc(Nc3cncc4c3CCS4(=O)=O)n[nH]2)C1. The highest BCUT2D eigenvalue weighted by Gasteiger charge is 2.35. The third-order valence-electron chi connectivity index (χ3n) is 5.05. The van der Waals surface area contributed by atoms with Crippen molar-refractivity contribution in [3.05, 3.63) is 29.7 Å². The highest BCUT2D eigenvalue weighted by molar-refractivity contribution is 7.91. The Kier molecular flexibility index (Phi) is 4.74. The number of hydrogen-bond donors (Lipinski definition) is 3. The standard InChI is InChI=1S/C18H23N5O4S/c1-10(2)20-18(24)27-12-5-11(6-12)14-7-17(23-22-14)21-15-8-19-9-16-13(15)3-4-28(16,25)26/h7-12H,3-6H2,1-2H3,(H,20,24)(H2,21,22,23). The first kappa shape index (κ1) is 18.7. The number of rotatable bonds is 5. The van der Waals surface area contributed by atoms with Crippen LogP contribution in [0.1, 0.15) is 43.9 Å². The normalized spacial score (nSPS) is 22.4. The van der Waals surface area contributed by atoms with Crippen molar-refractivity contribution in [3.8, 4) is 0 Å². The smallest absolute Gasteiger partial charge is 0.407 e. The number of H-pyrrole nitrogens is 1. The van der Waals surface area contributed by atoms with E-state index in [0.29, 0.717) is 22.8 Å². The summed E-state index contributed by atoms with van der Waals surface area (Å²) in [6.07, 6.45) is 4.51. The molecule has 1 fully saturated rings. The van der Waals surface area contributed by atoms with Crippen LogP contribution in [0.5, 0.6) is 0 Å². The van der Waals surface area contributed by atoms with Crippen LogP contribution >= 0.6 is 0 Å². The van der Waals surface area contributed by atoms with Gasteiger partial charge in [-0.15, -0.1) is 0 Å². The zero-order valence-electron chi connectivity index (χ0n) is 15.7. The Morgan fingerprint density at radius 3 is 2.86 bits per heavy atom. The molecule has 1 aliphatic heterocycles. The van der Waals surface area contributed by atoms with E-state index in [0.717, 1.165) is 24.1 Å². The van der Waals surface area contributed by atoms with Crippen LogP contribution in [0.15, 0.2) is 23.4 Å². The minimum absolute atomic E-state index is 0.0496. The number of alkyl carbamates (subject to hydrolysis) is 1. The zero-order valence-corrected chi connectivity index (χ0v) is 16.5. The van der Waals surface area contributed by atoms with Crippen LogP contribution < -0.4 is 10.6 Å². The summed E-state index contributed by atoms with van der Waals surface area (Å²) in [6, 6.07) is 1.95. The van der Waals surface area contributed by atoms with E-state index in [4.69, 9.17) is 4.74 Å². The molecule has 150 valence electrons. The van der Waals surface area contributed by atoms with E-state index in [1.165, 1.54) is 6.20 Å². The van der Waals surface area contributed by atoms with E-state index in [9.17, 15) is 13.2 Å². The molecule has 0 atom stereocenters. The molecule has 28 heavy (non-hydrogen) atoms. The molecule has 1 amide bonds. The van der Waals surface area contributed by atoms with Gasteiger partial charge < -0.3 is 15.4 Å². The average molecular weight is 405 g/mol. The van der Waals surface area contributed by atoms with Crippen molar-refractivity contribution >= 4 is 27.4 Å². The molecule has 3 N–H and O–H groups in total. The maximum atomic E-state index is 12.0. The second-order valence-corrected chi connectivity index (χ2v) is 9.64. The Morgan fingerprint density at radius 2 is 2.11 bits per heavy atom. The van der Waals surface area contributed by atoms with Crippen LogP contribution in [0.4, 0.5) is 16.3 Å². The van der Waals surface area contributed by atoms with Gasteiger partial charge in [0.25, 0.3) is 0 Å². The number of nitrogens with zero attached hydrogens (tertiary/aromatic N) is 2. The predicted octanol–water partition coefficient (Wildman–Crippen LogP) is 2.26. The second kappa shape index (κ2) is 7.08. The molecule has 0 radical (unpaired) electrons. The van der Waals surface area contributed by atoms with E-state index in [-0.39, 0.29) is 29.9 Å². The molecule has 4 rings (SSSR count). The fraction of sp³-hybridized carbons (Fsp3) is 0.500. The van der Waals surface area contributed by atoms with Gasteiger partial charge in [-0.1, -0.05) is 0 Å². The van der Waals surface area contributed by atoms with Gasteiger partial charge in [0, 0.05) is 29.9 Å². The lowest BCUT2D eigenvalue weighted by atomic mass is 9.80. The summed E-state index contributed by atoms with van der Waals surface area (Å²) < 4.78 is 29.4. The van der Waals surface area contributed by atoms with Crippen molar-refractivity contribution in [2.75, 3.05) is 11.1 Å². The van der Waals surface area contributed by atoms with Crippen molar-refractivity contribution in [1.29, 1.82) is 0 Å². The molecule has 2 aliphatic rings. The number of fused-ring (bicyclic) bond motifs is 1. The molecule has 0 saturated heterocycles. The average Bonchev–Trinajstić information content (AvgIpc) is 3.15. The number of amides is 1. The lowest BCUT2D eigenvalue weighted by Gasteiger charge is -2.33. The molecular weight excluding hydrogens is 382 g/mol.